The summed E-state index contributed by atoms with van der Waals surface area (Å²) in [5.41, 5.74) is 5.32. The van der Waals surface area contributed by atoms with Gasteiger partial charge in [-0.1, -0.05) is 65.9 Å². The van der Waals surface area contributed by atoms with Crippen LogP contribution >= 0.6 is 24.0 Å². The Kier molecular flexibility index (Phi) is 4.37. The van der Waals surface area contributed by atoms with E-state index in [4.69, 9.17) is 12.2 Å². The van der Waals surface area contributed by atoms with E-state index in [1.165, 1.54) is 17.3 Å². The SMILES string of the molecule is Cc1ccc(C=C2SC(=S)N(c3cccc(C)c3C)C2=O)cc1. The number of carbonyl (C=O) groups excluding carboxylic acids is 1. The van der Waals surface area contributed by atoms with E-state index in [9.17, 15) is 4.79 Å². The van der Waals surface area contributed by atoms with Crippen molar-refractivity contribution in [2.75, 3.05) is 4.90 Å². The fourth-order valence-electron chi connectivity index (χ4n) is 2.47. The molecule has 4 heteroatoms. The number of benzene rings is 2. The predicted octanol–water partition coefficient (Wildman–Crippen LogP) is 5.02. The van der Waals surface area contributed by atoms with Crippen LogP contribution in [0.25, 0.3) is 6.08 Å². The van der Waals surface area contributed by atoms with Crippen molar-refractivity contribution in [1.82, 2.24) is 0 Å². The molecule has 0 N–H and O–H groups in total. The molecule has 0 aliphatic carbocycles. The van der Waals surface area contributed by atoms with E-state index >= 15 is 0 Å². The highest BCUT2D eigenvalue weighted by molar-refractivity contribution is 8.27. The molecule has 1 fully saturated rings. The third-order valence-corrected chi connectivity index (χ3v) is 5.29. The molecule has 0 aromatic heterocycles. The van der Waals surface area contributed by atoms with Crippen LogP contribution in [0, 0.1) is 20.8 Å². The number of anilines is 1. The summed E-state index contributed by atoms with van der Waals surface area (Å²) in [7, 11) is 0. The first kappa shape index (κ1) is 16.0. The lowest BCUT2D eigenvalue weighted by atomic mass is 10.1. The van der Waals surface area contributed by atoms with Gasteiger partial charge in [-0.2, -0.15) is 0 Å². The number of amides is 1. The van der Waals surface area contributed by atoms with E-state index in [1.54, 1.807) is 4.90 Å². The normalized spacial score (nSPS) is 16.5. The van der Waals surface area contributed by atoms with Gasteiger partial charge < -0.3 is 0 Å². The second kappa shape index (κ2) is 6.30. The number of hydrogen-bond donors (Lipinski definition) is 0. The minimum absolute atomic E-state index is 0.0470. The topological polar surface area (TPSA) is 20.3 Å². The summed E-state index contributed by atoms with van der Waals surface area (Å²) in [6.45, 7) is 6.11. The summed E-state index contributed by atoms with van der Waals surface area (Å²) in [5.74, 6) is -0.0470. The van der Waals surface area contributed by atoms with Gasteiger partial charge in [0.1, 0.15) is 0 Å². The van der Waals surface area contributed by atoms with Crippen molar-refractivity contribution in [3.8, 4) is 0 Å². The van der Waals surface area contributed by atoms with E-state index < -0.39 is 0 Å². The smallest absolute Gasteiger partial charge is 0.268 e. The molecule has 0 saturated carbocycles. The number of rotatable bonds is 2. The minimum Gasteiger partial charge on any atom is -0.268 e. The standard InChI is InChI=1S/C19H17NOS2/c1-12-7-9-15(10-8-12)11-17-18(21)20(19(22)23-17)16-6-4-5-13(2)14(16)3/h4-11H,1-3H3. The molecular formula is C19H17NOS2. The average Bonchev–Trinajstić information content (AvgIpc) is 2.79. The first-order chi connectivity index (χ1) is 11.0. The molecule has 3 rings (SSSR count). The molecule has 0 spiro atoms. The van der Waals surface area contributed by atoms with Crippen molar-refractivity contribution in [3.05, 3.63) is 69.6 Å². The van der Waals surface area contributed by atoms with Gasteiger partial charge in [-0.05, 0) is 49.6 Å². The number of nitrogens with zero attached hydrogens (tertiary/aromatic N) is 1. The monoisotopic (exact) mass is 339 g/mol. The summed E-state index contributed by atoms with van der Waals surface area (Å²) in [5, 5.41) is 0. The van der Waals surface area contributed by atoms with Crippen LogP contribution in [0.1, 0.15) is 22.3 Å². The summed E-state index contributed by atoms with van der Waals surface area (Å²) >= 11 is 6.80. The number of thioether (sulfide) groups is 1. The van der Waals surface area contributed by atoms with Crippen LogP contribution in [0.3, 0.4) is 0 Å². The second-order valence-corrected chi connectivity index (χ2v) is 7.32. The average molecular weight is 339 g/mol. The molecule has 0 unspecified atom stereocenters. The van der Waals surface area contributed by atoms with E-state index in [0.717, 1.165) is 22.4 Å². The lowest BCUT2D eigenvalue weighted by molar-refractivity contribution is -0.113. The van der Waals surface area contributed by atoms with Crippen LogP contribution in [0.15, 0.2) is 47.4 Å². The third-order valence-electron chi connectivity index (χ3n) is 3.99. The van der Waals surface area contributed by atoms with Crippen molar-refractivity contribution in [2.45, 2.75) is 20.8 Å². The van der Waals surface area contributed by atoms with Crippen molar-refractivity contribution in [1.29, 1.82) is 0 Å². The Bertz CT molecular complexity index is 822. The zero-order valence-corrected chi connectivity index (χ0v) is 14.9. The van der Waals surface area contributed by atoms with E-state index in [0.29, 0.717) is 9.23 Å². The summed E-state index contributed by atoms with van der Waals surface area (Å²) < 4.78 is 0.585. The summed E-state index contributed by atoms with van der Waals surface area (Å²) in [4.78, 5) is 15.1. The van der Waals surface area contributed by atoms with Gasteiger partial charge in [-0.25, -0.2) is 0 Å². The Balaban J connectivity index is 1.97. The number of aryl methyl sites for hydroxylation is 2. The maximum atomic E-state index is 12.8. The van der Waals surface area contributed by atoms with Gasteiger partial charge in [0.05, 0.1) is 10.6 Å². The quantitative estimate of drug-likeness (QED) is 0.566. The van der Waals surface area contributed by atoms with Crippen LogP contribution in [-0.4, -0.2) is 10.2 Å². The Hall–Kier alpha value is -1.91. The molecule has 23 heavy (non-hydrogen) atoms. The molecule has 2 aromatic carbocycles. The largest absolute Gasteiger partial charge is 0.270 e. The highest BCUT2D eigenvalue weighted by Crippen LogP contribution is 2.37. The molecule has 1 aliphatic rings. The van der Waals surface area contributed by atoms with Crippen molar-refractivity contribution >= 4 is 46.0 Å². The van der Waals surface area contributed by atoms with Gasteiger partial charge in [-0.3, -0.25) is 9.69 Å². The predicted molar refractivity (Wildman–Crippen MR) is 103 cm³/mol. The molecule has 2 nitrogen and oxygen atoms in total. The molecule has 0 atom stereocenters. The maximum absolute atomic E-state index is 12.8. The first-order valence-electron chi connectivity index (χ1n) is 7.38. The van der Waals surface area contributed by atoms with Gasteiger partial charge in [0.25, 0.3) is 5.91 Å². The van der Waals surface area contributed by atoms with E-state index in [2.05, 4.69) is 0 Å². The molecule has 116 valence electrons. The van der Waals surface area contributed by atoms with Crippen LogP contribution in [0.4, 0.5) is 5.69 Å². The third kappa shape index (κ3) is 3.09. The van der Waals surface area contributed by atoms with Crippen molar-refractivity contribution in [3.63, 3.8) is 0 Å². The van der Waals surface area contributed by atoms with Gasteiger partial charge in [0, 0.05) is 0 Å². The van der Waals surface area contributed by atoms with Crippen LogP contribution in [0.2, 0.25) is 0 Å². The minimum atomic E-state index is -0.0470. The number of thiocarbonyl (C=S) groups is 1. The zero-order valence-electron chi connectivity index (χ0n) is 13.3. The van der Waals surface area contributed by atoms with Gasteiger partial charge in [0.15, 0.2) is 4.32 Å². The fraction of sp³-hybridized carbons (Fsp3) is 0.158. The van der Waals surface area contributed by atoms with Crippen LogP contribution in [0.5, 0.6) is 0 Å². The Morgan fingerprint density at radius 3 is 2.43 bits per heavy atom. The number of hydrogen-bond acceptors (Lipinski definition) is 3. The van der Waals surface area contributed by atoms with Gasteiger partial charge >= 0.3 is 0 Å². The summed E-state index contributed by atoms with van der Waals surface area (Å²) in [6.07, 6.45) is 1.91. The van der Waals surface area contributed by atoms with E-state index in [1.807, 2.05) is 69.3 Å². The highest BCUT2D eigenvalue weighted by Gasteiger charge is 2.34. The molecule has 2 aromatic rings. The molecule has 0 radical (unpaired) electrons. The zero-order chi connectivity index (χ0) is 16.6. The number of carbonyl (C=O) groups is 1. The molecule has 0 bridgehead atoms. The second-order valence-electron chi connectivity index (χ2n) is 5.65. The van der Waals surface area contributed by atoms with Crippen molar-refractivity contribution in [2.24, 2.45) is 0 Å². The Labute approximate surface area is 146 Å². The maximum Gasteiger partial charge on any atom is 0.270 e. The highest BCUT2D eigenvalue weighted by atomic mass is 32.2. The summed E-state index contributed by atoms with van der Waals surface area (Å²) in [6, 6.07) is 14.1. The molecule has 1 amide bonds. The lowest BCUT2D eigenvalue weighted by Crippen LogP contribution is -2.28. The lowest BCUT2D eigenvalue weighted by Gasteiger charge is -2.18. The Morgan fingerprint density at radius 1 is 1.04 bits per heavy atom. The van der Waals surface area contributed by atoms with Gasteiger partial charge in [0.2, 0.25) is 0 Å². The first-order valence-corrected chi connectivity index (χ1v) is 8.60. The fourth-order valence-corrected chi connectivity index (χ4v) is 3.75. The van der Waals surface area contributed by atoms with E-state index in [-0.39, 0.29) is 5.91 Å². The molecule has 1 aliphatic heterocycles. The molecular weight excluding hydrogens is 322 g/mol. The van der Waals surface area contributed by atoms with Crippen molar-refractivity contribution < 1.29 is 4.79 Å². The molecule has 1 heterocycles. The van der Waals surface area contributed by atoms with Gasteiger partial charge in [-0.15, -0.1) is 0 Å². The Morgan fingerprint density at radius 2 is 1.74 bits per heavy atom. The molecule has 1 saturated heterocycles. The van der Waals surface area contributed by atoms with Crippen LogP contribution < -0.4 is 4.90 Å². The van der Waals surface area contributed by atoms with Crippen LogP contribution in [-0.2, 0) is 4.79 Å².